The molecular weight excluding hydrogens is 280 g/mol. The van der Waals surface area contributed by atoms with Crippen LogP contribution in [-0.2, 0) is 23.8 Å². The Morgan fingerprint density at radius 2 is 1.80 bits per heavy atom. The standard InChI is InChI=1S/C14H18O5S/c1-11-2-4-12(5-3-11)20(15,16)19-8-13-17-9-14(6-7-14)10-18-13/h2-5,13H,6-10H2,1H3. The van der Waals surface area contributed by atoms with Gasteiger partial charge in [-0.3, -0.25) is 4.18 Å². The fourth-order valence-corrected chi connectivity index (χ4v) is 3.00. The highest BCUT2D eigenvalue weighted by atomic mass is 32.2. The molecule has 1 saturated heterocycles. The molecule has 1 saturated carbocycles. The molecule has 0 N–H and O–H groups in total. The summed E-state index contributed by atoms with van der Waals surface area (Å²) in [6, 6.07) is 6.54. The molecule has 1 aromatic carbocycles. The van der Waals surface area contributed by atoms with Crippen LogP contribution in [0.4, 0.5) is 0 Å². The summed E-state index contributed by atoms with van der Waals surface area (Å²) in [7, 11) is -3.75. The molecule has 0 bridgehead atoms. The predicted molar refractivity (Wildman–Crippen MR) is 71.7 cm³/mol. The molecule has 5 nitrogen and oxygen atoms in total. The average Bonchev–Trinajstić information content (AvgIpc) is 3.18. The van der Waals surface area contributed by atoms with Gasteiger partial charge in [0.2, 0.25) is 0 Å². The van der Waals surface area contributed by atoms with E-state index in [1.54, 1.807) is 12.1 Å². The summed E-state index contributed by atoms with van der Waals surface area (Å²) < 4.78 is 40.0. The molecule has 0 unspecified atom stereocenters. The van der Waals surface area contributed by atoms with Gasteiger partial charge in [-0.05, 0) is 31.9 Å². The maximum Gasteiger partial charge on any atom is 0.297 e. The summed E-state index contributed by atoms with van der Waals surface area (Å²) in [5.41, 5.74) is 1.20. The largest absolute Gasteiger partial charge is 0.350 e. The molecule has 0 amide bonds. The van der Waals surface area contributed by atoms with Gasteiger partial charge in [0, 0.05) is 5.41 Å². The SMILES string of the molecule is Cc1ccc(S(=O)(=O)OCC2OCC3(CC3)CO2)cc1. The predicted octanol–water partition coefficient (Wildman–Crippen LogP) is 1.85. The number of ether oxygens (including phenoxy) is 2. The van der Waals surface area contributed by atoms with Crippen molar-refractivity contribution >= 4 is 10.1 Å². The van der Waals surface area contributed by atoms with Crippen LogP contribution in [0.1, 0.15) is 18.4 Å². The second-order valence-electron chi connectivity index (χ2n) is 5.60. The van der Waals surface area contributed by atoms with Crippen molar-refractivity contribution in [3.8, 4) is 0 Å². The lowest BCUT2D eigenvalue weighted by atomic mass is 10.1. The minimum Gasteiger partial charge on any atom is -0.350 e. The number of hydrogen-bond acceptors (Lipinski definition) is 5. The first-order valence-electron chi connectivity index (χ1n) is 6.69. The molecule has 1 aromatic rings. The smallest absolute Gasteiger partial charge is 0.297 e. The number of rotatable bonds is 4. The first-order chi connectivity index (χ1) is 9.49. The van der Waals surface area contributed by atoms with Crippen molar-refractivity contribution in [3.05, 3.63) is 29.8 Å². The molecule has 0 radical (unpaired) electrons. The molecule has 0 atom stereocenters. The normalized spacial score (nSPS) is 22.1. The van der Waals surface area contributed by atoms with Gasteiger partial charge < -0.3 is 9.47 Å². The van der Waals surface area contributed by atoms with E-state index < -0.39 is 16.4 Å². The van der Waals surface area contributed by atoms with Gasteiger partial charge in [-0.25, -0.2) is 0 Å². The third-order valence-electron chi connectivity index (χ3n) is 3.78. The summed E-state index contributed by atoms with van der Waals surface area (Å²) in [6.45, 7) is 3.05. The minimum atomic E-state index is -3.75. The molecule has 20 heavy (non-hydrogen) atoms. The lowest BCUT2D eigenvalue weighted by molar-refractivity contribution is -0.217. The maximum absolute atomic E-state index is 12.0. The summed E-state index contributed by atoms with van der Waals surface area (Å²) in [6.07, 6.45) is 1.66. The summed E-state index contributed by atoms with van der Waals surface area (Å²) in [5, 5.41) is 0. The van der Waals surface area contributed by atoms with E-state index in [2.05, 4.69) is 0 Å². The Hall–Kier alpha value is -0.950. The van der Waals surface area contributed by atoms with Crippen molar-refractivity contribution in [2.45, 2.75) is 31.0 Å². The van der Waals surface area contributed by atoms with Crippen LogP contribution >= 0.6 is 0 Å². The van der Waals surface area contributed by atoms with Gasteiger partial charge in [0.15, 0.2) is 6.29 Å². The highest BCUT2D eigenvalue weighted by molar-refractivity contribution is 7.86. The van der Waals surface area contributed by atoms with Gasteiger partial charge in [0.1, 0.15) is 6.61 Å². The van der Waals surface area contributed by atoms with Crippen LogP contribution in [0.25, 0.3) is 0 Å². The fourth-order valence-electron chi connectivity index (χ4n) is 2.11. The first-order valence-corrected chi connectivity index (χ1v) is 8.09. The van der Waals surface area contributed by atoms with Gasteiger partial charge >= 0.3 is 0 Å². The van der Waals surface area contributed by atoms with E-state index in [-0.39, 0.29) is 16.9 Å². The second-order valence-corrected chi connectivity index (χ2v) is 7.22. The Morgan fingerprint density at radius 3 is 2.35 bits per heavy atom. The van der Waals surface area contributed by atoms with Crippen molar-refractivity contribution in [2.24, 2.45) is 5.41 Å². The van der Waals surface area contributed by atoms with Gasteiger partial charge in [-0.15, -0.1) is 0 Å². The van der Waals surface area contributed by atoms with Crippen LogP contribution in [0.5, 0.6) is 0 Å². The van der Waals surface area contributed by atoms with Gasteiger partial charge in [-0.2, -0.15) is 8.42 Å². The fraction of sp³-hybridized carbons (Fsp3) is 0.571. The Balaban J connectivity index is 1.55. The lowest BCUT2D eigenvalue weighted by Gasteiger charge is -2.28. The van der Waals surface area contributed by atoms with Gasteiger partial charge in [-0.1, -0.05) is 17.7 Å². The van der Waals surface area contributed by atoms with Crippen LogP contribution in [0, 0.1) is 12.3 Å². The Labute approximate surface area is 119 Å². The zero-order valence-electron chi connectivity index (χ0n) is 11.4. The summed E-state index contributed by atoms with van der Waals surface area (Å²) in [4.78, 5) is 0.151. The molecule has 1 aliphatic carbocycles. The molecular formula is C14H18O5S. The Bertz CT molecular complexity index is 564. The molecule has 3 rings (SSSR count). The summed E-state index contributed by atoms with van der Waals surface area (Å²) in [5.74, 6) is 0. The van der Waals surface area contributed by atoms with Crippen molar-refractivity contribution < 1.29 is 22.1 Å². The maximum atomic E-state index is 12.0. The highest BCUT2D eigenvalue weighted by Crippen LogP contribution is 2.48. The van der Waals surface area contributed by atoms with E-state index >= 15 is 0 Å². The van der Waals surface area contributed by atoms with E-state index in [1.807, 2.05) is 6.92 Å². The van der Waals surface area contributed by atoms with Gasteiger partial charge in [0.25, 0.3) is 10.1 Å². The highest BCUT2D eigenvalue weighted by Gasteiger charge is 2.47. The van der Waals surface area contributed by atoms with Crippen molar-refractivity contribution in [3.63, 3.8) is 0 Å². The third-order valence-corrected chi connectivity index (χ3v) is 5.07. The quantitative estimate of drug-likeness (QED) is 0.794. The molecule has 2 fully saturated rings. The third kappa shape index (κ3) is 3.03. The monoisotopic (exact) mass is 298 g/mol. The van der Waals surface area contributed by atoms with Crippen molar-refractivity contribution in [1.82, 2.24) is 0 Å². The second kappa shape index (κ2) is 5.11. The molecule has 1 heterocycles. The van der Waals surface area contributed by atoms with E-state index in [0.29, 0.717) is 13.2 Å². The van der Waals surface area contributed by atoms with E-state index in [4.69, 9.17) is 13.7 Å². The van der Waals surface area contributed by atoms with Crippen LogP contribution in [0.2, 0.25) is 0 Å². The molecule has 1 aliphatic heterocycles. The Morgan fingerprint density at radius 1 is 1.20 bits per heavy atom. The summed E-state index contributed by atoms with van der Waals surface area (Å²) >= 11 is 0. The number of aryl methyl sites for hydroxylation is 1. The zero-order chi connectivity index (χ0) is 14.2. The van der Waals surface area contributed by atoms with Crippen molar-refractivity contribution in [2.75, 3.05) is 19.8 Å². The first kappa shape index (κ1) is 14.0. The van der Waals surface area contributed by atoms with Crippen LogP contribution in [0.3, 0.4) is 0 Å². The van der Waals surface area contributed by atoms with E-state index in [9.17, 15) is 8.42 Å². The molecule has 110 valence electrons. The van der Waals surface area contributed by atoms with Gasteiger partial charge in [0.05, 0.1) is 18.1 Å². The van der Waals surface area contributed by atoms with E-state index in [1.165, 1.54) is 12.1 Å². The van der Waals surface area contributed by atoms with Crippen LogP contribution in [-0.4, -0.2) is 34.5 Å². The Kier molecular flexibility index (Phi) is 3.58. The minimum absolute atomic E-state index is 0.105. The zero-order valence-corrected chi connectivity index (χ0v) is 12.2. The topological polar surface area (TPSA) is 61.8 Å². The van der Waals surface area contributed by atoms with Crippen molar-refractivity contribution in [1.29, 1.82) is 0 Å². The number of benzene rings is 1. The molecule has 0 aromatic heterocycles. The molecule has 6 heteroatoms. The average molecular weight is 298 g/mol. The molecule has 2 aliphatic rings. The van der Waals surface area contributed by atoms with Crippen LogP contribution in [0.15, 0.2) is 29.2 Å². The molecule has 1 spiro atoms. The lowest BCUT2D eigenvalue weighted by Crippen LogP contribution is -2.36. The van der Waals surface area contributed by atoms with Crippen LogP contribution < -0.4 is 0 Å². The van der Waals surface area contributed by atoms with E-state index in [0.717, 1.165) is 18.4 Å². The number of hydrogen-bond donors (Lipinski definition) is 0.